The maximum absolute atomic E-state index is 10.3. The van der Waals surface area contributed by atoms with Gasteiger partial charge < -0.3 is 19.2 Å². The van der Waals surface area contributed by atoms with Gasteiger partial charge in [-0.15, -0.1) is 0 Å². The van der Waals surface area contributed by atoms with Gasteiger partial charge in [0.15, 0.2) is 0 Å². The van der Waals surface area contributed by atoms with Gasteiger partial charge in [0.05, 0.1) is 0 Å². The van der Waals surface area contributed by atoms with E-state index >= 15 is 0 Å². The Morgan fingerprint density at radius 1 is 0.562 bits per heavy atom. The van der Waals surface area contributed by atoms with Crippen LogP contribution in [0.25, 0.3) is 0 Å². The minimum atomic E-state index is -0.127. The van der Waals surface area contributed by atoms with Crippen molar-refractivity contribution in [2.24, 2.45) is 0 Å². The first-order valence-corrected chi connectivity index (χ1v) is 3.47. The minimum Gasteiger partial charge on any atom is -0.391 e. The minimum absolute atomic E-state index is 0. The Labute approximate surface area is 139 Å². The second kappa shape index (κ2) is 9.08. The molecule has 0 aliphatic rings. The smallest absolute Gasteiger partial charge is 0.391 e. The van der Waals surface area contributed by atoms with Gasteiger partial charge in [-0.25, -0.2) is 0 Å². The quantitative estimate of drug-likeness (QED) is 0.409. The molecular formula is C10H2O4U2. The van der Waals surface area contributed by atoms with Crippen molar-refractivity contribution in [3.8, 4) is 0 Å². The van der Waals surface area contributed by atoms with Crippen LogP contribution >= 0.6 is 0 Å². The monoisotopic (exact) mass is 662 g/mol. The molecule has 0 unspecified atom stereocenters. The van der Waals surface area contributed by atoms with Crippen LogP contribution in [0, 0.1) is 62.2 Å². The molecule has 0 bridgehead atoms. The van der Waals surface area contributed by atoms with Crippen molar-refractivity contribution in [3.63, 3.8) is 0 Å². The maximum Gasteiger partial charge on any atom is 2.00 e. The van der Waals surface area contributed by atoms with Crippen molar-refractivity contribution >= 4 is 25.1 Å². The summed E-state index contributed by atoms with van der Waals surface area (Å²) in [4.78, 5) is 41.3. The van der Waals surface area contributed by atoms with Crippen LogP contribution in [0.1, 0.15) is 22.3 Å². The summed E-state index contributed by atoms with van der Waals surface area (Å²) in [7, 11) is 0. The van der Waals surface area contributed by atoms with E-state index in [4.69, 9.17) is 0 Å². The fraction of sp³-hybridized carbons (Fsp3) is 0. The van der Waals surface area contributed by atoms with Crippen LogP contribution in [0.2, 0.25) is 0 Å². The molecule has 16 heavy (non-hydrogen) atoms. The molecule has 0 aliphatic carbocycles. The van der Waals surface area contributed by atoms with Gasteiger partial charge in [0.2, 0.25) is 0 Å². The van der Waals surface area contributed by atoms with Gasteiger partial charge in [0.1, 0.15) is 0 Å². The maximum atomic E-state index is 10.3. The van der Waals surface area contributed by atoms with E-state index < -0.39 is 0 Å². The van der Waals surface area contributed by atoms with Crippen LogP contribution in [0.4, 0.5) is 0 Å². The van der Waals surface area contributed by atoms with Crippen molar-refractivity contribution in [1.82, 2.24) is 0 Å². The molecule has 0 aliphatic heterocycles. The van der Waals surface area contributed by atoms with E-state index in [-0.39, 0.29) is 84.5 Å². The number of carbonyl (C=O) groups excluding carboxylic acids is 4. The largest absolute Gasteiger partial charge is 2.00 e. The summed E-state index contributed by atoms with van der Waals surface area (Å²) < 4.78 is 0. The molecule has 0 radical (unpaired) electrons. The van der Waals surface area contributed by atoms with E-state index in [1.54, 1.807) is 0 Å². The van der Waals surface area contributed by atoms with E-state index in [0.717, 1.165) is 12.1 Å². The van der Waals surface area contributed by atoms with E-state index in [1.807, 2.05) is 0 Å². The van der Waals surface area contributed by atoms with Crippen LogP contribution in [0.3, 0.4) is 0 Å². The molecule has 0 saturated heterocycles. The summed E-state index contributed by atoms with van der Waals surface area (Å²) in [5.74, 6) is 0. The Hall–Kier alpha value is 0.00390. The summed E-state index contributed by atoms with van der Waals surface area (Å²) in [5.41, 5.74) is -0.510. The molecule has 1 rings (SSSR count). The zero-order valence-corrected chi connectivity index (χ0v) is 16.1. The first kappa shape index (κ1) is 18.4. The van der Waals surface area contributed by atoms with Gasteiger partial charge in [-0.05, 0) is 25.1 Å². The van der Waals surface area contributed by atoms with E-state index in [9.17, 15) is 19.2 Å². The molecule has 0 amide bonds. The molecule has 0 N–H and O–H groups in total. The van der Waals surface area contributed by atoms with Gasteiger partial charge in [-0.3, -0.25) is 34.4 Å². The van der Waals surface area contributed by atoms with Crippen LogP contribution in [0.5, 0.6) is 0 Å². The van der Waals surface area contributed by atoms with Crippen molar-refractivity contribution in [2.75, 3.05) is 0 Å². The average Bonchev–Trinajstić information content (AvgIpc) is 2.26. The van der Waals surface area contributed by atoms with E-state index in [1.165, 1.54) is 25.1 Å². The molecular weight excluding hydrogens is 660 g/mol. The summed E-state index contributed by atoms with van der Waals surface area (Å²) in [6.45, 7) is 0. The zero-order chi connectivity index (χ0) is 10.6. The number of hydrogen-bond acceptors (Lipinski definition) is 4. The van der Waals surface area contributed by atoms with Gasteiger partial charge in [0.25, 0.3) is 0 Å². The Morgan fingerprint density at radius 3 is 0.875 bits per heavy atom. The molecule has 0 aromatic heterocycles. The standard InChI is InChI=1S/C10H2O4.2U/c11-3-7-1-8(4-12)10(6-14)2-9(7)5-13;;/h1-2H;;/q-4;2*+2. The van der Waals surface area contributed by atoms with Crippen molar-refractivity contribution in [3.05, 3.63) is 34.4 Å². The zero-order valence-electron chi connectivity index (χ0n) is 7.79. The molecule has 74 valence electrons. The predicted molar refractivity (Wildman–Crippen MR) is 45.6 cm³/mol. The number of hydrogen-bond donors (Lipinski definition) is 0. The topological polar surface area (TPSA) is 68.3 Å². The second-order valence-corrected chi connectivity index (χ2v) is 2.35. The van der Waals surface area contributed by atoms with Gasteiger partial charge in [-0.1, -0.05) is 0 Å². The third-order valence-electron chi connectivity index (χ3n) is 1.60. The van der Waals surface area contributed by atoms with E-state index in [0.29, 0.717) is 0 Å². The third kappa shape index (κ3) is 4.11. The molecule has 1 aromatic carbocycles. The third-order valence-corrected chi connectivity index (χ3v) is 1.60. The fourth-order valence-electron chi connectivity index (χ4n) is 0.937. The summed E-state index contributed by atoms with van der Waals surface area (Å²) >= 11 is 0. The van der Waals surface area contributed by atoms with Crippen molar-refractivity contribution < 1.29 is 81.4 Å². The van der Waals surface area contributed by atoms with Crippen LogP contribution in [-0.4, -0.2) is 25.1 Å². The molecule has 4 nitrogen and oxygen atoms in total. The Morgan fingerprint density at radius 2 is 0.750 bits per heavy atom. The molecule has 0 fully saturated rings. The van der Waals surface area contributed by atoms with Crippen LogP contribution < -0.4 is 0 Å². The Kier molecular flexibility index (Phi) is 10.4. The molecule has 1 aromatic rings. The molecule has 6 heteroatoms. The normalized spacial score (nSPS) is 8.00. The predicted octanol–water partition coefficient (Wildman–Crippen LogP) is -0.482. The summed E-state index contributed by atoms with van der Waals surface area (Å²) in [6.07, 6.45) is 5.81. The first-order chi connectivity index (χ1) is 6.76. The number of rotatable bonds is 4. The molecule has 0 saturated carbocycles. The number of benzene rings is 1. The summed E-state index contributed by atoms with van der Waals surface area (Å²) in [5, 5.41) is 0. The van der Waals surface area contributed by atoms with Gasteiger partial charge in [0, 0.05) is 0 Å². The van der Waals surface area contributed by atoms with Crippen LogP contribution in [-0.2, 0) is 19.2 Å². The van der Waals surface area contributed by atoms with Gasteiger partial charge in [-0.2, -0.15) is 0 Å². The van der Waals surface area contributed by atoms with Crippen molar-refractivity contribution in [2.45, 2.75) is 0 Å². The SMILES string of the molecule is O=[C-]c1cc([C-]=O)c([C-]=O)cc1[C-]=O.[U+2].[U+2]. The Balaban J connectivity index is 0. The average molecular weight is 662 g/mol. The van der Waals surface area contributed by atoms with Crippen LogP contribution in [0.15, 0.2) is 12.1 Å². The van der Waals surface area contributed by atoms with E-state index in [2.05, 4.69) is 0 Å². The fourth-order valence-corrected chi connectivity index (χ4v) is 0.937. The molecule has 0 heterocycles. The second-order valence-electron chi connectivity index (χ2n) is 2.35. The molecule has 0 spiro atoms. The van der Waals surface area contributed by atoms with Gasteiger partial charge >= 0.3 is 62.2 Å². The first-order valence-electron chi connectivity index (χ1n) is 3.47. The molecule has 0 atom stereocenters. The van der Waals surface area contributed by atoms with Crippen molar-refractivity contribution in [1.29, 1.82) is 0 Å². The summed E-state index contributed by atoms with van der Waals surface area (Å²) in [6, 6.07) is 2.08. The Bertz CT molecular complexity index is 341.